The molecule has 170 valence electrons. The lowest BCUT2D eigenvalue weighted by molar-refractivity contribution is -0.138. The van der Waals surface area contributed by atoms with Crippen LogP contribution in [0.2, 0.25) is 5.02 Å². The van der Waals surface area contributed by atoms with Crippen LogP contribution in [0.5, 0.6) is 5.75 Å². The third kappa shape index (κ3) is 5.30. The standard InChI is InChI=1S/C23H28ClN5O3/c1-16(30)29-12-3-2-5-20(29)22(31)27-17-6-7-21(19(24)15-17)32-18-8-13-28(14-9-18)23-25-10-4-11-26-23/h4,6-7,10-11,15,18,20H,2-3,5,8-9,12-14H2,1H3,(H,27,31). The van der Waals surface area contributed by atoms with Crippen molar-refractivity contribution in [1.29, 1.82) is 0 Å². The van der Waals surface area contributed by atoms with E-state index in [-0.39, 0.29) is 17.9 Å². The lowest BCUT2D eigenvalue weighted by Gasteiger charge is -2.34. The van der Waals surface area contributed by atoms with Gasteiger partial charge < -0.3 is 19.9 Å². The second-order valence-electron chi connectivity index (χ2n) is 8.21. The molecule has 1 unspecified atom stereocenters. The van der Waals surface area contributed by atoms with Gasteiger partial charge in [0.15, 0.2) is 0 Å². The summed E-state index contributed by atoms with van der Waals surface area (Å²) in [7, 11) is 0. The minimum Gasteiger partial charge on any atom is -0.489 e. The molecular weight excluding hydrogens is 430 g/mol. The Morgan fingerprint density at radius 3 is 2.53 bits per heavy atom. The second-order valence-corrected chi connectivity index (χ2v) is 8.62. The maximum absolute atomic E-state index is 12.7. The Morgan fingerprint density at radius 1 is 1.09 bits per heavy atom. The summed E-state index contributed by atoms with van der Waals surface area (Å²) >= 11 is 6.45. The molecule has 0 bridgehead atoms. The van der Waals surface area contributed by atoms with E-state index in [1.165, 1.54) is 6.92 Å². The topological polar surface area (TPSA) is 87.7 Å². The Morgan fingerprint density at radius 2 is 1.84 bits per heavy atom. The number of ether oxygens (including phenoxy) is 1. The molecule has 32 heavy (non-hydrogen) atoms. The quantitative estimate of drug-likeness (QED) is 0.739. The summed E-state index contributed by atoms with van der Waals surface area (Å²) < 4.78 is 6.13. The number of nitrogens with zero attached hydrogens (tertiary/aromatic N) is 4. The highest BCUT2D eigenvalue weighted by Gasteiger charge is 2.30. The molecule has 0 saturated carbocycles. The molecule has 4 rings (SSSR count). The number of carbonyl (C=O) groups is 2. The van der Waals surface area contributed by atoms with E-state index >= 15 is 0 Å². The fourth-order valence-electron chi connectivity index (χ4n) is 4.29. The largest absolute Gasteiger partial charge is 0.489 e. The summed E-state index contributed by atoms with van der Waals surface area (Å²) in [6, 6.07) is 6.64. The first-order chi connectivity index (χ1) is 15.5. The number of amides is 2. The van der Waals surface area contributed by atoms with Crippen LogP contribution in [0.3, 0.4) is 0 Å². The van der Waals surface area contributed by atoms with Crippen molar-refractivity contribution in [3.8, 4) is 5.75 Å². The van der Waals surface area contributed by atoms with Gasteiger partial charge in [-0.15, -0.1) is 0 Å². The maximum Gasteiger partial charge on any atom is 0.247 e. The average molecular weight is 458 g/mol. The van der Waals surface area contributed by atoms with Gasteiger partial charge in [-0.05, 0) is 43.5 Å². The van der Waals surface area contributed by atoms with E-state index in [4.69, 9.17) is 16.3 Å². The van der Waals surface area contributed by atoms with E-state index in [1.54, 1.807) is 35.5 Å². The zero-order valence-electron chi connectivity index (χ0n) is 18.2. The Hall–Kier alpha value is -2.87. The number of likely N-dealkylation sites (tertiary alicyclic amines) is 1. The molecule has 1 aromatic carbocycles. The van der Waals surface area contributed by atoms with Crippen LogP contribution in [0, 0.1) is 0 Å². The Labute approximate surface area is 192 Å². The highest BCUT2D eigenvalue weighted by molar-refractivity contribution is 6.32. The van der Waals surface area contributed by atoms with E-state index in [1.807, 2.05) is 6.07 Å². The van der Waals surface area contributed by atoms with E-state index in [0.29, 0.717) is 29.4 Å². The van der Waals surface area contributed by atoms with Crippen molar-refractivity contribution in [3.63, 3.8) is 0 Å². The van der Waals surface area contributed by atoms with Gasteiger partial charge in [0.25, 0.3) is 0 Å². The van der Waals surface area contributed by atoms with Crippen molar-refractivity contribution in [2.24, 2.45) is 0 Å². The lowest BCUT2D eigenvalue weighted by atomic mass is 10.0. The van der Waals surface area contributed by atoms with E-state index in [0.717, 1.165) is 44.7 Å². The first-order valence-corrected chi connectivity index (χ1v) is 11.5. The normalized spacial score (nSPS) is 19.5. The fraction of sp³-hybridized carbons (Fsp3) is 0.478. The molecule has 0 aliphatic carbocycles. The molecule has 1 aromatic heterocycles. The fourth-order valence-corrected chi connectivity index (χ4v) is 4.51. The third-order valence-corrected chi connectivity index (χ3v) is 6.28. The van der Waals surface area contributed by atoms with Gasteiger partial charge in [0.1, 0.15) is 17.9 Å². The molecule has 0 spiro atoms. The molecule has 2 saturated heterocycles. The summed E-state index contributed by atoms with van der Waals surface area (Å²) in [6.07, 6.45) is 7.77. The Balaban J connectivity index is 1.32. The van der Waals surface area contributed by atoms with Crippen LogP contribution in [0.15, 0.2) is 36.7 Å². The predicted octanol–water partition coefficient (Wildman–Crippen LogP) is 3.52. The van der Waals surface area contributed by atoms with Crippen LogP contribution >= 0.6 is 11.6 Å². The summed E-state index contributed by atoms with van der Waals surface area (Å²) in [4.78, 5) is 37.0. The lowest BCUT2D eigenvalue weighted by Crippen LogP contribution is -2.49. The molecule has 2 fully saturated rings. The number of aromatic nitrogens is 2. The number of piperidine rings is 2. The number of anilines is 2. The average Bonchev–Trinajstić information content (AvgIpc) is 2.82. The summed E-state index contributed by atoms with van der Waals surface area (Å²) in [5, 5.41) is 3.35. The Kier molecular flexibility index (Phi) is 7.09. The monoisotopic (exact) mass is 457 g/mol. The van der Waals surface area contributed by atoms with Crippen LogP contribution in [0.1, 0.15) is 39.0 Å². The van der Waals surface area contributed by atoms with Crippen molar-refractivity contribution in [2.75, 3.05) is 29.9 Å². The highest BCUT2D eigenvalue weighted by atomic mass is 35.5. The van der Waals surface area contributed by atoms with Gasteiger partial charge in [-0.3, -0.25) is 9.59 Å². The minimum atomic E-state index is -0.435. The van der Waals surface area contributed by atoms with Gasteiger partial charge in [-0.1, -0.05) is 11.6 Å². The second kappa shape index (κ2) is 10.2. The first-order valence-electron chi connectivity index (χ1n) is 11.1. The van der Waals surface area contributed by atoms with E-state index in [2.05, 4.69) is 20.2 Å². The molecule has 2 aliphatic heterocycles. The first kappa shape index (κ1) is 22.3. The smallest absolute Gasteiger partial charge is 0.247 e. The third-order valence-electron chi connectivity index (χ3n) is 5.98. The van der Waals surface area contributed by atoms with Crippen LogP contribution in [0.25, 0.3) is 0 Å². The van der Waals surface area contributed by atoms with Gasteiger partial charge in [-0.2, -0.15) is 0 Å². The maximum atomic E-state index is 12.7. The molecule has 8 nitrogen and oxygen atoms in total. The van der Waals surface area contributed by atoms with E-state index < -0.39 is 6.04 Å². The zero-order chi connectivity index (χ0) is 22.5. The molecule has 0 radical (unpaired) electrons. The summed E-state index contributed by atoms with van der Waals surface area (Å²) in [5.41, 5.74) is 0.595. The van der Waals surface area contributed by atoms with Crippen molar-refractivity contribution < 1.29 is 14.3 Å². The number of hydrogen-bond donors (Lipinski definition) is 1. The van der Waals surface area contributed by atoms with Crippen molar-refractivity contribution >= 4 is 35.1 Å². The highest BCUT2D eigenvalue weighted by Crippen LogP contribution is 2.31. The summed E-state index contributed by atoms with van der Waals surface area (Å²) in [5.74, 6) is 1.09. The zero-order valence-corrected chi connectivity index (χ0v) is 18.9. The van der Waals surface area contributed by atoms with Gasteiger partial charge in [0.05, 0.1) is 5.02 Å². The number of carbonyl (C=O) groups excluding carboxylic acids is 2. The molecule has 3 heterocycles. The molecular formula is C23H28ClN5O3. The number of hydrogen-bond acceptors (Lipinski definition) is 6. The molecule has 2 aliphatic rings. The number of benzene rings is 1. The minimum absolute atomic E-state index is 0.0549. The van der Waals surface area contributed by atoms with Crippen LogP contribution in [-0.2, 0) is 9.59 Å². The molecule has 2 amide bonds. The number of rotatable bonds is 5. The molecule has 1 atom stereocenters. The van der Waals surface area contributed by atoms with Crippen molar-refractivity contribution in [1.82, 2.24) is 14.9 Å². The molecule has 1 N–H and O–H groups in total. The van der Waals surface area contributed by atoms with Crippen molar-refractivity contribution in [3.05, 3.63) is 41.7 Å². The van der Waals surface area contributed by atoms with Gasteiger partial charge in [-0.25, -0.2) is 9.97 Å². The van der Waals surface area contributed by atoms with Crippen LogP contribution in [-0.4, -0.2) is 58.5 Å². The Bertz CT molecular complexity index is 950. The van der Waals surface area contributed by atoms with Gasteiger partial charge in [0.2, 0.25) is 17.8 Å². The summed E-state index contributed by atoms with van der Waals surface area (Å²) in [6.45, 7) is 3.76. The van der Waals surface area contributed by atoms with E-state index in [9.17, 15) is 9.59 Å². The number of nitrogens with one attached hydrogen (secondary N) is 1. The van der Waals surface area contributed by atoms with Crippen LogP contribution < -0.4 is 15.0 Å². The SMILES string of the molecule is CC(=O)N1CCCCC1C(=O)Nc1ccc(OC2CCN(c3ncccn3)CC2)c(Cl)c1. The molecule has 2 aromatic rings. The number of halogens is 1. The van der Waals surface area contributed by atoms with Crippen LogP contribution in [0.4, 0.5) is 11.6 Å². The predicted molar refractivity (Wildman–Crippen MR) is 123 cm³/mol. The van der Waals surface area contributed by atoms with Crippen molar-refractivity contribution in [2.45, 2.75) is 51.2 Å². The van der Waals surface area contributed by atoms with Gasteiger partial charge in [0, 0.05) is 57.5 Å². The van der Waals surface area contributed by atoms with Gasteiger partial charge >= 0.3 is 0 Å². The molecule has 9 heteroatoms.